The molecule has 0 bridgehead atoms. The summed E-state index contributed by atoms with van der Waals surface area (Å²) in [5.74, 6) is 1.68. The van der Waals surface area contributed by atoms with Gasteiger partial charge in [-0.1, -0.05) is 13.8 Å². The van der Waals surface area contributed by atoms with Crippen LogP contribution in [0.3, 0.4) is 0 Å². The van der Waals surface area contributed by atoms with E-state index in [4.69, 9.17) is 0 Å². The zero-order valence-electron chi connectivity index (χ0n) is 10.5. The van der Waals surface area contributed by atoms with E-state index in [1.807, 2.05) is 0 Å². The second-order valence-electron chi connectivity index (χ2n) is 5.15. The first-order valence-corrected chi connectivity index (χ1v) is 7.95. The SMILES string of the molecule is CC(C)C1CC(NCCCNS(C)(=O)=O)C1. The van der Waals surface area contributed by atoms with Crippen molar-refractivity contribution in [3.05, 3.63) is 0 Å². The van der Waals surface area contributed by atoms with Crippen LogP contribution in [0.25, 0.3) is 0 Å². The van der Waals surface area contributed by atoms with Gasteiger partial charge < -0.3 is 5.32 Å². The summed E-state index contributed by atoms with van der Waals surface area (Å²) < 4.78 is 24.1. The molecule has 1 saturated carbocycles. The molecule has 0 atom stereocenters. The minimum absolute atomic E-state index is 0.534. The first-order valence-electron chi connectivity index (χ1n) is 6.06. The molecule has 0 aliphatic heterocycles. The molecule has 1 aliphatic carbocycles. The molecule has 0 saturated heterocycles. The quantitative estimate of drug-likeness (QED) is 0.660. The summed E-state index contributed by atoms with van der Waals surface area (Å²) >= 11 is 0. The minimum Gasteiger partial charge on any atom is -0.314 e. The van der Waals surface area contributed by atoms with E-state index < -0.39 is 10.0 Å². The highest BCUT2D eigenvalue weighted by molar-refractivity contribution is 7.88. The predicted molar refractivity (Wildman–Crippen MR) is 66.8 cm³/mol. The zero-order valence-corrected chi connectivity index (χ0v) is 11.3. The maximum absolute atomic E-state index is 10.8. The van der Waals surface area contributed by atoms with Crippen molar-refractivity contribution < 1.29 is 8.42 Å². The van der Waals surface area contributed by atoms with Crippen LogP contribution in [0.1, 0.15) is 33.1 Å². The Morgan fingerprint density at radius 2 is 1.88 bits per heavy atom. The molecular weight excluding hydrogens is 224 g/mol. The molecule has 0 heterocycles. The third-order valence-corrected chi connectivity index (χ3v) is 4.00. The van der Waals surface area contributed by atoms with E-state index >= 15 is 0 Å². The summed E-state index contributed by atoms with van der Waals surface area (Å²) in [7, 11) is -3.01. The number of sulfonamides is 1. The van der Waals surface area contributed by atoms with Crippen molar-refractivity contribution in [1.29, 1.82) is 0 Å². The van der Waals surface area contributed by atoms with E-state index in [0.29, 0.717) is 12.6 Å². The predicted octanol–water partition coefficient (Wildman–Crippen LogP) is 0.950. The Kier molecular flexibility index (Phi) is 5.21. The molecule has 0 aromatic rings. The molecule has 1 rings (SSSR count). The molecule has 16 heavy (non-hydrogen) atoms. The molecule has 2 N–H and O–H groups in total. The Hall–Kier alpha value is -0.130. The van der Waals surface area contributed by atoms with Crippen molar-refractivity contribution in [3.8, 4) is 0 Å². The second-order valence-corrected chi connectivity index (χ2v) is 6.98. The van der Waals surface area contributed by atoms with Gasteiger partial charge in [-0.3, -0.25) is 0 Å². The monoisotopic (exact) mass is 248 g/mol. The fourth-order valence-corrected chi connectivity index (χ4v) is 2.54. The lowest BCUT2D eigenvalue weighted by molar-refractivity contribution is 0.169. The molecule has 0 amide bonds. The minimum atomic E-state index is -3.01. The normalized spacial score (nSPS) is 25.8. The van der Waals surface area contributed by atoms with Gasteiger partial charge in [0, 0.05) is 12.6 Å². The Bertz CT molecular complexity index is 295. The summed E-state index contributed by atoms with van der Waals surface area (Å²) in [4.78, 5) is 0. The van der Waals surface area contributed by atoms with Crippen molar-refractivity contribution in [1.82, 2.24) is 10.0 Å². The molecule has 5 heteroatoms. The van der Waals surface area contributed by atoms with Gasteiger partial charge in [0.1, 0.15) is 0 Å². The standard InChI is InChI=1S/C11H24N2O2S/c1-9(2)10-7-11(8-10)12-5-4-6-13-16(3,14)15/h9-13H,4-8H2,1-3H3. The molecule has 0 unspecified atom stereocenters. The van der Waals surface area contributed by atoms with Crippen molar-refractivity contribution in [2.75, 3.05) is 19.3 Å². The molecule has 0 radical (unpaired) electrons. The largest absolute Gasteiger partial charge is 0.314 e. The van der Waals surface area contributed by atoms with Gasteiger partial charge in [-0.05, 0) is 37.6 Å². The van der Waals surface area contributed by atoms with E-state index in [1.54, 1.807) is 0 Å². The number of rotatable bonds is 7. The third kappa shape index (κ3) is 5.27. The van der Waals surface area contributed by atoms with Crippen LogP contribution in [0.5, 0.6) is 0 Å². The Balaban J connectivity index is 1.94. The van der Waals surface area contributed by atoms with Gasteiger partial charge in [-0.2, -0.15) is 0 Å². The second kappa shape index (κ2) is 5.98. The van der Waals surface area contributed by atoms with E-state index in [1.165, 1.54) is 19.1 Å². The highest BCUT2D eigenvalue weighted by Crippen LogP contribution is 2.33. The van der Waals surface area contributed by atoms with Crippen molar-refractivity contribution in [2.45, 2.75) is 39.2 Å². The summed E-state index contributed by atoms with van der Waals surface area (Å²) in [6.07, 6.45) is 4.60. The Morgan fingerprint density at radius 3 is 2.38 bits per heavy atom. The van der Waals surface area contributed by atoms with Crippen LogP contribution in [0.4, 0.5) is 0 Å². The zero-order chi connectivity index (χ0) is 12.2. The van der Waals surface area contributed by atoms with E-state index in [0.717, 1.165) is 24.8 Å². The molecule has 1 fully saturated rings. The lowest BCUT2D eigenvalue weighted by Gasteiger charge is -2.38. The summed E-state index contributed by atoms with van der Waals surface area (Å²) in [5.41, 5.74) is 0. The van der Waals surface area contributed by atoms with Crippen LogP contribution in [0.15, 0.2) is 0 Å². The highest BCUT2D eigenvalue weighted by Gasteiger charge is 2.30. The summed E-state index contributed by atoms with van der Waals surface area (Å²) in [6.45, 7) is 5.98. The molecular formula is C11H24N2O2S. The van der Waals surface area contributed by atoms with Gasteiger partial charge >= 0.3 is 0 Å². The van der Waals surface area contributed by atoms with E-state index in [-0.39, 0.29) is 0 Å². The van der Waals surface area contributed by atoms with Crippen LogP contribution >= 0.6 is 0 Å². The van der Waals surface area contributed by atoms with Crippen LogP contribution in [-0.2, 0) is 10.0 Å². The number of nitrogens with one attached hydrogen (secondary N) is 2. The molecule has 96 valence electrons. The van der Waals surface area contributed by atoms with Crippen LogP contribution in [0, 0.1) is 11.8 Å². The van der Waals surface area contributed by atoms with Gasteiger partial charge in [0.05, 0.1) is 6.26 Å². The van der Waals surface area contributed by atoms with Gasteiger partial charge in [0.15, 0.2) is 0 Å². The van der Waals surface area contributed by atoms with Crippen molar-refractivity contribution in [3.63, 3.8) is 0 Å². The smallest absolute Gasteiger partial charge is 0.208 e. The fraction of sp³-hybridized carbons (Fsp3) is 1.00. The van der Waals surface area contributed by atoms with Gasteiger partial charge in [0.25, 0.3) is 0 Å². The average Bonchev–Trinajstić information content (AvgIpc) is 2.04. The Labute approximate surface area is 99.2 Å². The van der Waals surface area contributed by atoms with Crippen LogP contribution in [0.2, 0.25) is 0 Å². The van der Waals surface area contributed by atoms with Crippen molar-refractivity contribution >= 4 is 10.0 Å². The topological polar surface area (TPSA) is 58.2 Å². The lowest BCUT2D eigenvalue weighted by atomic mass is 9.74. The van der Waals surface area contributed by atoms with Gasteiger partial charge in [-0.15, -0.1) is 0 Å². The van der Waals surface area contributed by atoms with Gasteiger partial charge in [0.2, 0.25) is 10.0 Å². The first-order chi connectivity index (χ1) is 7.38. The molecule has 0 aromatic heterocycles. The highest BCUT2D eigenvalue weighted by atomic mass is 32.2. The third-order valence-electron chi connectivity index (χ3n) is 3.27. The molecule has 0 spiro atoms. The maximum atomic E-state index is 10.8. The van der Waals surface area contributed by atoms with E-state index in [2.05, 4.69) is 23.9 Å². The van der Waals surface area contributed by atoms with Crippen molar-refractivity contribution in [2.24, 2.45) is 11.8 Å². The Morgan fingerprint density at radius 1 is 1.25 bits per heavy atom. The maximum Gasteiger partial charge on any atom is 0.208 e. The number of hydrogen-bond donors (Lipinski definition) is 2. The fourth-order valence-electron chi connectivity index (χ4n) is 2.03. The first kappa shape index (κ1) is 13.9. The lowest BCUT2D eigenvalue weighted by Crippen LogP contribution is -2.43. The van der Waals surface area contributed by atoms with Crippen LogP contribution < -0.4 is 10.0 Å². The molecule has 4 nitrogen and oxygen atoms in total. The summed E-state index contributed by atoms with van der Waals surface area (Å²) in [6, 6.07) is 0.658. The number of hydrogen-bond acceptors (Lipinski definition) is 3. The van der Waals surface area contributed by atoms with Crippen LogP contribution in [-0.4, -0.2) is 33.8 Å². The molecule has 0 aromatic carbocycles. The van der Waals surface area contributed by atoms with E-state index in [9.17, 15) is 8.42 Å². The summed E-state index contributed by atoms with van der Waals surface area (Å²) in [5, 5.41) is 3.46. The average molecular weight is 248 g/mol. The molecule has 1 aliphatic rings. The van der Waals surface area contributed by atoms with Gasteiger partial charge in [-0.25, -0.2) is 13.1 Å².